The van der Waals surface area contributed by atoms with Crippen LogP contribution >= 0.6 is 0 Å². The number of hydrogen-bond acceptors (Lipinski definition) is 13. The van der Waals surface area contributed by atoms with E-state index in [4.69, 9.17) is 28.4 Å². The van der Waals surface area contributed by atoms with E-state index >= 15 is 0 Å². The fourth-order valence-corrected chi connectivity index (χ4v) is 9.07. The molecule has 3 aliphatic heterocycles. The summed E-state index contributed by atoms with van der Waals surface area (Å²) in [6.07, 6.45) is -8.28. The number of esters is 2. The minimum absolute atomic E-state index is 0.0310. The maximum absolute atomic E-state index is 12.9. The molecular weight excluding hydrogens is 568 g/mol. The van der Waals surface area contributed by atoms with Crippen molar-refractivity contribution in [2.75, 3.05) is 13.2 Å². The molecule has 43 heavy (non-hydrogen) atoms. The van der Waals surface area contributed by atoms with Gasteiger partial charge in [-0.1, -0.05) is 18.2 Å². The molecule has 1 spiro atoms. The Labute approximate surface area is 244 Å². The monoisotopic (exact) mass is 598 g/mol. The van der Waals surface area contributed by atoms with Crippen LogP contribution in [0, 0.1) is 16.7 Å². The third-order valence-electron chi connectivity index (χ3n) is 11.0. The number of rotatable bonds is 8. The highest BCUT2D eigenvalue weighted by atomic mass is 16.8. The summed E-state index contributed by atoms with van der Waals surface area (Å²) in [6, 6.07) is 13.8. The first-order chi connectivity index (χ1) is 20.5. The first-order valence-electron chi connectivity index (χ1n) is 14.1. The van der Waals surface area contributed by atoms with Crippen LogP contribution in [0.15, 0.2) is 54.6 Å². The molecule has 8 rings (SSSR count). The van der Waals surface area contributed by atoms with E-state index in [1.165, 1.54) is 24.3 Å². The number of hydrogen-bond donors (Lipinski definition) is 5. The third kappa shape index (κ3) is 2.82. The van der Waals surface area contributed by atoms with E-state index in [9.17, 15) is 35.1 Å². The van der Waals surface area contributed by atoms with Gasteiger partial charge in [-0.05, 0) is 49.7 Å². The molecule has 13 nitrogen and oxygen atoms in total. The number of aliphatic hydroxyl groups excluding tert-OH is 3. The summed E-state index contributed by atoms with van der Waals surface area (Å²) < 4.78 is 35.1. The second-order valence-corrected chi connectivity index (χ2v) is 12.4. The highest BCUT2D eigenvalue weighted by Gasteiger charge is 3.18. The molecule has 3 aliphatic carbocycles. The molecule has 0 radical (unpaired) electrons. The van der Waals surface area contributed by atoms with Gasteiger partial charge in [-0.3, -0.25) is 0 Å². The highest BCUT2D eigenvalue weighted by molar-refractivity contribution is 5.90. The summed E-state index contributed by atoms with van der Waals surface area (Å²) in [5, 5.41) is 53.0. The van der Waals surface area contributed by atoms with E-state index in [-0.39, 0.29) is 24.3 Å². The molecule has 13 heteroatoms. The van der Waals surface area contributed by atoms with Crippen molar-refractivity contribution in [3.63, 3.8) is 0 Å². The van der Waals surface area contributed by atoms with Gasteiger partial charge in [0.15, 0.2) is 18.4 Å². The van der Waals surface area contributed by atoms with Crippen LogP contribution < -0.4 is 0 Å². The summed E-state index contributed by atoms with van der Waals surface area (Å²) in [5.74, 6) is -3.26. The van der Waals surface area contributed by atoms with Crippen molar-refractivity contribution in [2.24, 2.45) is 16.7 Å². The molecule has 0 amide bonds. The fraction of sp³-hybridized carbons (Fsp3) is 0.533. The van der Waals surface area contributed by atoms with Crippen molar-refractivity contribution >= 4 is 11.9 Å². The number of aromatic hydroxyl groups is 1. The second kappa shape index (κ2) is 8.52. The lowest BCUT2D eigenvalue weighted by atomic mass is 9.08. The van der Waals surface area contributed by atoms with Crippen molar-refractivity contribution in [1.29, 1.82) is 0 Å². The molecule has 3 heterocycles. The predicted octanol–water partition coefficient (Wildman–Crippen LogP) is -0.177. The van der Waals surface area contributed by atoms with Crippen LogP contribution in [0.5, 0.6) is 5.75 Å². The summed E-state index contributed by atoms with van der Waals surface area (Å²) in [4.78, 5) is 25.4. The third-order valence-corrected chi connectivity index (χ3v) is 11.0. The van der Waals surface area contributed by atoms with E-state index in [0.717, 1.165) is 0 Å². The average molecular weight is 599 g/mol. The Morgan fingerprint density at radius 3 is 2.28 bits per heavy atom. The maximum atomic E-state index is 12.9. The van der Waals surface area contributed by atoms with Crippen LogP contribution in [0.3, 0.4) is 0 Å². The van der Waals surface area contributed by atoms with Crippen LogP contribution in [0.25, 0.3) is 0 Å². The van der Waals surface area contributed by atoms with Gasteiger partial charge in [0.1, 0.15) is 60.0 Å². The number of ether oxygens (including phenoxy) is 6. The fourth-order valence-electron chi connectivity index (χ4n) is 9.07. The van der Waals surface area contributed by atoms with Gasteiger partial charge < -0.3 is 54.0 Å². The Kier molecular flexibility index (Phi) is 5.43. The lowest BCUT2D eigenvalue weighted by Gasteiger charge is -3.05. The smallest absolute Gasteiger partial charge is 0.338 e. The number of carbonyl (C=O) groups is 2. The minimum atomic E-state index is -1.71. The van der Waals surface area contributed by atoms with Crippen LogP contribution in [-0.2, 0) is 28.4 Å². The Morgan fingerprint density at radius 2 is 1.58 bits per heavy atom. The first kappa shape index (κ1) is 27.4. The Hall–Kier alpha value is -3.14. The van der Waals surface area contributed by atoms with E-state index in [1.54, 1.807) is 37.3 Å². The number of aliphatic hydroxyl groups is 4. The van der Waals surface area contributed by atoms with Gasteiger partial charge in [-0.25, -0.2) is 9.59 Å². The standard InChI is InChI=1S/C30H30O13/c1-26-28(41-24-21(34)20(33)19(32)17(40-24)12-38-22(35)15-7-9-16(31)10-8-15)11-18-27(28,29(26)25(42-26)43-30(18,29)37)13-39-23(36)14-5-3-2-4-6-14/h2-10,17-21,24-25,31-34,37H,11-13H2,1H3/t17-,18-,19-,20+,21-,24+,25-,26+,27?,28+,29?,30+/m1/s1. The van der Waals surface area contributed by atoms with Gasteiger partial charge in [0.05, 0.1) is 16.5 Å². The van der Waals surface area contributed by atoms with Crippen molar-refractivity contribution < 1.29 is 63.5 Å². The molecule has 5 N–H and O–H groups in total. The summed E-state index contributed by atoms with van der Waals surface area (Å²) >= 11 is 0. The number of fused-ring (bicyclic) bond motifs is 2. The van der Waals surface area contributed by atoms with E-state index in [1.807, 2.05) is 0 Å². The highest BCUT2D eigenvalue weighted by Crippen LogP contribution is 3.03. The number of carbonyl (C=O) groups excluding carboxylic acids is 2. The zero-order chi connectivity index (χ0) is 30.2. The molecular formula is C30H30O13. The zero-order valence-electron chi connectivity index (χ0n) is 22.9. The maximum Gasteiger partial charge on any atom is 0.338 e. The van der Waals surface area contributed by atoms with Gasteiger partial charge >= 0.3 is 11.9 Å². The summed E-state index contributed by atoms with van der Waals surface area (Å²) in [6.45, 7) is 1.17. The molecule has 228 valence electrons. The molecule has 12 atom stereocenters. The summed E-state index contributed by atoms with van der Waals surface area (Å²) in [5.41, 5.74) is -3.60. The Morgan fingerprint density at radius 1 is 0.907 bits per heavy atom. The molecule has 3 saturated carbocycles. The van der Waals surface area contributed by atoms with Crippen molar-refractivity contribution in [2.45, 2.75) is 67.3 Å². The largest absolute Gasteiger partial charge is 0.508 e. The van der Waals surface area contributed by atoms with Gasteiger partial charge in [-0.15, -0.1) is 0 Å². The average Bonchev–Trinajstić information content (AvgIpc) is 2.99. The number of phenols is 1. The molecule has 6 aliphatic rings. The van der Waals surface area contributed by atoms with Crippen molar-refractivity contribution in [3.05, 3.63) is 65.7 Å². The minimum Gasteiger partial charge on any atom is -0.508 e. The van der Waals surface area contributed by atoms with Crippen molar-refractivity contribution in [3.8, 4) is 5.75 Å². The topological polar surface area (TPSA) is 191 Å². The zero-order valence-corrected chi connectivity index (χ0v) is 22.9. The molecule has 2 unspecified atom stereocenters. The van der Waals surface area contributed by atoms with Crippen LogP contribution in [-0.4, -0.2) is 105 Å². The van der Waals surface area contributed by atoms with Gasteiger partial charge in [0, 0.05) is 5.92 Å². The number of benzene rings is 2. The molecule has 0 aromatic heterocycles. The molecule has 3 saturated heterocycles. The second-order valence-electron chi connectivity index (χ2n) is 12.4. The van der Waals surface area contributed by atoms with E-state index < -0.39 is 89.3 Å². The number of phenolic OH excluding ortho intramolecular Hbond substituents is 1. The van der Waals surface area contributed by atoms with Crippen LogP contribution in [0.4, 0.5) is 0 Å². The van der Waals surface area contributed by atoms with Gasteiger partial charge in [0.2, 0.25) is 0 Å². The van der Waals surface area contributed by atoms with E-state index in [0.29, 0.717) is 5.56 Å². The predicted molar refractivity (Wildman–Crippen MR) is 138 cm³/mol. The normalized spacial score (nSPS) is 47.6. The molecule has 2 aromatic carbocycles. The lowest BCUT2D eigenvalue weighted by Crippen LogP contribution is -3.20. The SMILES string of the molecule is C[C@]12O[C@@H]3O[C@@]4(O)[C@@H]5C[C@@]1(O[C@@H]1O[C@H](COC(=O)c6ccc(O)cc6)[C@@H](O)[C@H](O)[C@H]1O)C5(COC(=O)c1ccccc1)C342. The van der Waals surface area contributed by atoms with Crippen LogP contribution in [0.2, 0.25) is 0 Å². The Balaban J connectivity index is 1.03. The molecule has 6 fully saturated rings. The van der Waals surface area contributed by atoms with Gasteiger partial charge in [-0.2, -0.15) is 0 Å². The van der Waals surface area contributed by atoms with E-state index in [2.05, 4.69) is 0 Å². The first-order valence-corrected chi connectivity index (χ1v) is 14.1. The van der Waals surface area contributed by atoms with Crippen LogP contribution in [0.1, 0.15) is 34.1 Å². The molecule has 0 bridgehead atoms. The quantitative estimate of drug-likeness (QED) is 0.252. The summed E-state index contributed by atoms with van der Waals surface area (Å²) in [7, 11) is 0. The van der Waals surface area contributed by atoms with Gasteiger partial charge in [0.25, 0.3) is 0 Å². The lowest BCUT2D eigenvalue weighted by molar-refractivity contribution is -0.792. The Bertz CT molecular complexity index is 1500. The molecule has 2 aromatic rings. The van der Waals surface area contributed by atoms with Crippen molar-refractivity contribution in [1.82, 2.24) is 0 Å².